The van der Waals surface area contributed by atoms with Crippen LogP contribution in [-0.2, 0) is 0 Å². The fourth-order valence-corrected chi connectivity index (χ4v) is 9.57. The summed E-state index contributed by atoms with van der Waals surface area (Å²) in [6, 6.07) is 0. The molecule has 6 saturated carbocycles. The van der Waals surface area contributed by atoms with Gasteiger partial charge in [0.2, 0.25) is 0 Å². The van der Waals surface area contributed by atoms with Gasteiger partial charge in [-0.05, 0) is 79.4 Å². The van der Waals surface area contributed by atoms with Gasteiger partial charge in [0.25, 0.3) is 0 Å². The predicted octanol–water partition coefficient (Wildman–Crippen LogP) is 1.94. The van der Waals surface area contributed by atoms with Crippen LogP contribution >= 0.6 is 0 Å². The summed E-state index contributed by atoms with van der Waals surface area (Å²) in [7, 11) is 0. The van der Waals surface area contributed by atoms with Gasteiger partial charge >= 0.3 is 0 Å². The van der Waals surface area contributed by atoms with E-state index in [9.17, 15) is 20.4 Å². The lowest BCUT2D eigenvalue weighted by molar-refractivity contribution is -0.233. The monoisotopic (exact) mass is 386 g/mol. The summed E-state index contributed by atoms with van der Waals surface area (Å²) in [5.41, 5.74) is -1.98. The second-order valence-corrected chi connectivity index (χ2v) is 11.6. The number of aliphatic hydroxyl groups is 4. The van der Waals surface area contributed by atoms with Crippen LogP contribution in [0.1, 0.15) is 58.8 Å². The first-order valence-electron chi connectivity index (χ1n) is 11.4. The second kappa shape index (κ2) is 5.17. The Hall–Kier alpha value is -0.600. The van der Waals surface area contributed by atoms with E-state index in [0.717, 1.165) is 38.5 Å². The third-order valence-corrected chi connectivity index (χ3v) is 11.0. The fourth-order valence-electron chi connectivity index (χ4n) is 9.57. The molecule has 0 aromatic rings. The molecule has 0 bridgehead atoms. The van der Waals surface area contributed by atoms with Gasteiger partial charge in [-0.2, -0.15) is 0 Å². The summed E-state index contributed by atoms with van der Waals surface area (Å²) >= 11 is 0. The average molecular weight is 387 g/mol. The van der Waals surface area contributed by atoms with Crippen molar-refractivity contribution in [2.24, 2.45) is 52.3 Å². The molecule has 6 aliphatic rings. The van der Waals surface area contributed by atoms with Crippen molar-refractivity contribution in [1.29, 1.82) is 0 Å². The van der Waals surface area contributed by atoms with Crippen molar-refractivity contribution >= 4 is 0 Å². The maximum Gasteiger partial charge on any atom is 0.134 e. The zero-order valence-electron chi connectivity index (χ0n) is 17.1. The van der Waals surface area contributed by atoms with Gasteiger partial charge in [0, 0.05) is 17.8 Å². The zero-order chi connectivity index (χ0) is 19.7. The molecule has 0 radical (unpaired) electrons. The lowest BCUT2D eigenvalue weighted by Crippen LogP contribution is -2.65. The Morgan fingerprint density at radius 2 is 1.64 bits per heavy atom. The molecular weight excluding hydrogens is 352 g/mol. The van der Waals surface area contributed by atoms with Crippen molar-refractivity contribution < 1.29 is 20.4 Å². The molecule has 4 N–H and O–H groups in total. The van der Waals surface area contributed by atoms with Crippen molar-refractivity contribution in [3.05, 3.63) is 0 Å². The molecule has 0 saturated heterocycles. The number of aliphatic hydroxyl groups excluding tert-OH is 2. The second-order valence-electron chi connectivity index (χ2n) is 11.6. The molecule has 154 valence electrons. The Labute approximate surface area is 167 Å². The Bertz CT molecular complexity index is 785. The largest absolute Gasteiger partial charge is 0.393 e. The minimum atomic E-state index is -0.960. The fraction of sp³-hybridized carbons (Fsp3) is 0.917. The van der Waals surface area contributed by atoms with Gasteiger partial charge in [0.1, 0.15) is 12.2 Å². The van der Waals surface area contributed by atoms with Crippen molar-refractivity contribution in [2.45, 2.75) is 76.1 Å². The Balaban J connectivity index is 1.42. The van der Waals surface area contributed by atoms with Crippen LogP contribution in [0.2, 0.25) is 0 Å². The van der Waals surface area contributed by atoms with Crippen LogP contribution in [0.5, 0.6) is 0 Å². The van der Waals surface area contributed by atoms with E-state index in [0.29, 0.717) is 41.9 Å². The van der Waals surface area contributed by atoms with Crippen LogP contribution in [0.3, 0.4) is 0 Å². The van der Waals surface area contributed by atoms with E-state index >= 15 is 0 Å². The van der Waals surface area contributed by atoms with E-state index in [2.05, 4.69) is 25.7 Å². The molecule has 4 unspecified atom stereocenters. The maximum atomic E-state index is 11.8. The Morgan fingerprint density at radius 3 is 2.39 bits per heavy atom. The van der Waals surface area contributed by atoms with Gasteiger partial charge < -0.3 is 20.4 Å². The Kier molecular flexibility index (Phi) is 3.36. The highest BCUT2D eigenvalue weighted by molar-refractivity contribution is 5.36. The standard InChI is InChI=1S/C24H34O4/c1-21-7-4-13(26)12-24(21,28)17-10-14(17)19-16(21)5-8-22(2)20(19)15-11-18(15)23(22,27)6-3-9-25/h13-20,25-28H,4-5,7-12H2,1-2H3/t13-,14-,15?,16-,17?,18?,19?,20-,21+,22-,23-,24+/m0/s1. The molecule has 6 fully saturated rings. The van der Waals surface area contributed by atoms with E-state index in [4.69, 9.17) is 0 Å². The molecule has 6 rings (SSSR count). The average Bonchev–Trinajstić information content (AvgIpc) is 3.54. The highest BCUT2D eigenvalue weighted by Gasteiger charge is 2.81. The lowest BCUT2D eigenvalue weighted by atomic mass is 9.42. The molecule has 0 aromatic carbocycles. The van der Waals surface area contributed by atoms with Crippen LogP contribution in [0.25, 0.3) is 0 Å². The normalized spacial score (nSPS) is 65.6. The van der Waals surface area contributed by atoms with Crippen LogP contribution in [0.4, 0.5) is 0 Å². The summed E-state index contributed by atoms with van der Waals surface area (Å²) in [5.74, 6) is 9.14. The minimum Gasteiger partial charge on any atom is -0.393 e. The first-order chi connectivity index (χ1) is 13.2. The molecule has 0 amide bonds. The van der Waals surface area contributed by atoms with E-state index in [-0.39, 0.29) is 29.5 Å². The summed E-state index contributed by atoms with van der Waals surface area (Å²) in [6.07, 6.45) is 6.06. The molecule has 12 atom stereocenters. The number of hydrogen-bond donors (Lipinski definition) is 4. The molecular formula is C24H34O4. The van der Waals surface area contributed by atoms with Gasteiger partial charge in [-0.1, -0.05) is 25.7 Å². The van der Waals surface area contributed by atoms with Crippen molar-refractivity contribution in [2.75, 3.05) is 6.61 Å². The first kappa shape index (κ1) is 18.2. The van der Waals surface area contributed by atoms with E-state index < -0.39 is 11.2 Å². The van der Waals surface area contributed by atoms with Crippen LogP contribution in [-0.4, -0.2) is 44.3 Å². The third-order valence-electron chi connectivity index (χ3n) is 11.0. The molecule has 28 heavy (non-hydrogen) atoms. The summed E-state index contributed by atoms with van der Waals surface area (Å²) in [4.78, 5) is 0. The van der Waals surface area contributed by atoms with Crippen molar-refractivity contribution in [3.63, 3.8) is 0 Å². The number of rotatable bonds is 0. The van der Waals surface area contributed by atoms with Gasteiger partial charge in [0.15, 0.2) is 0 Å². The van der Waals surface area contributed by atoms with Crippen LogP contribution in [0, 0.1) is 64.1 Å². The van der Waals surface area contributed by atoms with E-state index in [1.54, 1.807) is 0 Å². The van der Waals surface area contributed by atoms with Crippen molar-refractivity contribution in [3.8, 4) is 11.8 Å². The number of hydrogen-bond acceptors (Lipinski definition) is 4. The molecule has 4 heteroatoms. The molecule has 6 aliphatic carbocycles. The van der Waals surface area contributed by atoms with Gasteiger partial charge in [-0.15, -0.1) is 0 Å². The highest BCUT2D eigenvalue weighted by Crippen LogP contribution is 2.81. The maximum absolute atomic E-state index is 11.8. The molecule has 0 aliphatic heterocycles. The van der Waals surface area contributed by atoms with Crippen molar-refractivity contribution in [1.82, 2.24) is 0 Å². The quantitative estimate of drug-likeness (QED) is 0.480. The first-order valence-corrected chi connectivity index (χ1v) is 11.4. The van der Waals surface area contributed by atoms with Gasteiger partial charge in [-0.3, -0.25) is 0 Å². The minimum absolute atomic E-state index is 0.113. The number of fused-ring (bicyclic) bond motifs is 10. The Morgan fingerprint density at radius 1 is 0.929 bits per heavy atom. The predicted molar refractivity (Wildman–Crippen MR) is 104 cm³/mol. The zero-order valence-corrected chi connectivity index (χ0v) is 17.1. The highest BCUT2D eigenvalue weighted by atomic mass is 16.3. The van der Waals surface area contributed by atoms with E-state index in [1.165, 1.54) is 0 Å². The topological polar surface area (TPSA) is 80.9 Å². The smallest absolute Gasteiger partial charge is 0.134 e. The lowest BCUT2D eigenvalue weighted by Gasteiger charge is -2.64. The van der Waals surface area contributed by atoms with Crippen LogP contribution in [0.15, 0.2) is 0 Å². The molecule has 0 spiro atoms. The van der Waals surface area contributed by atoms with Crippen LogP contribution < -0.4 is 0 Å². The summed E-state index contributed by atoms with van der Waals surface area (Å²) in [6.45, 7) is 4.38. The molecule has 0 aromatic heterocycles. The summed E-state index contributed by atoms with van der Waals surface area (Å²) < 4.78 is 0. The SMILES string of the molecule is C[C@]12CC[C@H]3C([C@H]4CC4[C@]4(O)C[C@@H](O)CC[C@]34C)[C@@H]1C1CC1[C@@]2(O)C#CCO. The van der Waals surface area contributed by atoms with Gasteiger partial charge in [-0.25, -0.2) is 0 Å². The third kappa shape index (κ3) is 1.81. The van der Waals surface area contributed by atoms with Gasteiger partial charge in [0.05, 0.1) is 11.7 Å². The summed E-state index contributed by atoms with van der Waals surface area (Å²) in [5, 5.41) is 43.1. The molecule has 0 heterocycles. The molecule has 4 nitrogen and oxygen atoms in total. The van der Waals surface area contributed by atoms with E-state index in [1.807, 2.05) is 0 Å².